The lowest BCUT2D eigenvalue weighted by Crippen LogP contribution is -2.36. The summed E-state index contributed by atoms with van der Waals surface area (Å²) < 4.78 is 0. The number of hydrogen-bond acceptors (Lipinski definition) is 4. The SMILES string of the molecule is Cc1cc(Cl)nc(N2CCC[C@H]2CN)n1. The molecule has 1 fully saturated rings. The van der Waals surface area contributed by atoms with Gasteiger partial charge in [-0.3, -0.25) is 0 Å². The quantitative estimate of drug-likeness (QED) is 0.774. The minimum absolute atomic E-state index is 0.364. The average Bonchev–Trinajstić information content (AvgIpc) is 2.63. The summed E-state index contributed by atoms with van der Waals surface area (Å²) in [5.41, 5.74) is 6.60. The smallest absolute Gasteiger partial charge is 0.227 e. The summed E-state index contributed by atoms with van der Waals surface area (Å²) in [7, 11) is 0. The Morgan fingerprint density at radius 2 is 2.40 bits per heavy atom. The first-order valence-corrected chi connectivity index (χ1v) is 5.56. The summed E-state index contributed by atoms with van der Waals surface area (Å²) in [5, 5.41) is 0.500. The van der Waals surface area contributed by atoms with E-state index in [1.807, 2.05) is 6.92 Å². The van der Waals surface area contributed by atoms with Crippen molar-refractivity contribution in [3.63, 3.8) is 0 Å². The van der Waals surface area contributed by atoms with E-state index in [9.17, 15) is 0 Å². The molecule has 2 rings (SSSR count). The van der Waals surface area contributed by atoms with Crippen molar-refractivity contribution in [2.45, 2.75) is 25.8 Å². The second-order valence-corrected chi connectivity index (χ2v) is 4.24. The van der Waals surface area contributed by atoms with Gasteiger partial charge in [0, 0.05) is 24.8 Å². The second kappa shape index (κ2) is 4.33. The van der Waals surface area contributed by atoms with E-state index >= 15 is 0 Å². The number of nitrogens with two attached hydrogens (primary N) is 1. The Morgan fingerprint density at radius 3 is 3.07 bits per heavy atom. The van der Waals surface area contributed by atoms with Crippen molar-refractivity contribution < 1.29 is 0 Å². The van der Waals surface area contributed by atoms with E-state index in [-0.39, 0.29) is 0 Å². The maximum absolute atomic E-state index is 5.91. The van der Waals surface area contributed by atoms with E-state index in [0.717, 1.165) is 25.1 Å². The molecule has 0 spiro atoms. The van der Waals surface area contributed by atoms with Gasteiger partial charge in [0.15, 0.2) is 0 Å². The van der Waals surface area contributed by atoms with E-state index in [1.54, 1.807) is 6.07 Å². The van der Waals surface area contributed by atoms with Crippen molar-refractivity contribution in [1.29, 1.82) is 0 Å². The van der Waals surface area contributed by atoms with Gasteiger partial charge in [0.25, 0.3) is 0 Å². The molecule has 1 aromatic heterocycles. The molecular weight excluding hydrogens is 212 g/mol. The molecule has 15 heavy (non-hydrogen) atoms. The summed E-state index contributed by atoms with van der Waals surface area (Å²) in [5.74, 6) is 0.716. The zero-order chi connectivity index (χ0) is 10.8. The highest BCUT2D eigenvalue weighted by atomic mass is 35.5. The Hall–Kier alpha value is -0.870. The first kappa shape index (κ1) is 10.6. The maximum Gasteiger partial charge on any atom is 0.227 e. The van der Waals surface area contributed by atoms with Crippen LogP contribution in [-0.4, -0.2) is 29.1 Å². The predicted octanol–water partition coefficient (Wildman–Crippen LogP) is 1.37. The lowest BCUT2D eigenvalue weighted by atomic mass is 10.2. The normalized spacial score (nSPS) is 21.0. The van der Waals surface area contributed by atoms with Crippen LogP contribution in [0.2, 0.25) is 5.15 Å². The van der Waals surface area contributed by atoms with Crippen molar-refractivity contribution >= 4 is 17.5 Å². The molecule has 0 aliphatic carbocycles. The molecule has 1 atom stereocenters. The van der Waals surface area contributed by atoms with Crippen LogP contribution < -0.4 is 10.6 Å². The fourth-order valence-electron chi connectivity index (χ4n) is 1.99. The molecule has 0 saturated carbocycles. The summed E-state index contributed by atoms with van der Waals surface area (Å²) >= 11 is 5.91. The molecule has 1 saturated heterocycles. The van der Waals surface area contributed by atoms with Crippen molar-refractivity contribution in [2.75, 3.05) is 18.0 Å². The average molecular weight is 227 g/mol. The number of nitrogens with zero attached hydrogens (tertiary/aromatic N) is 3. The molecule has 0 unspecified atom stereocenters. The fourth-order valence-corrected chi connectivity index (χ4v) is 2.22. The fraction of sp³-hybridized carbons (Fsp3) is 0.600. The van der Waals surface area contributed by atoms with Crippen molar-refractivity contribution in [3.8, 4) is 0 Å². The molecule has 5 heteroatoms. The van der Waals surface area contributed by atoms with Gasteiger partial charge >= 0.3 is 0 Å². The van der Waals surface area contributed by atoms with Gasteiger partial charge in [0.05, 0.1) is 0 Å². The Bertz CT molecular complexity index is 335. The molecule has 0 amide bonds. The largest absolute Gasteiger partial charge is 0.337 e. The summed E-state index contributed by atoms with van der Waals surface area (Å²) in [4.78, 5) is 10.8. The van der Waals surface area contributed by atoms with E-state index in [4.69, 9.17) is 17.3 Å². The zero-order valence-electron chi connectivity index (χ0n) is 8.78. The number of anilines is 1. The minimum Gasteiger partial charge on any atom is -0.337 e. The van der Waals surface area contributed by atoms with Crippen LogP contribution in [0.15, 0.2) is 6.07 Å². The van der Waals surface area contributed by atoms with Crippen LogP contribution in [0.25, 0.3) is 0 Å². The highest BCUT2D eigenvalue weighted by Crippen LogP contribution is 2.23. The summed E-state index contributed by atoms with van der Waals surface area (Å²) in [6.07, 6.45) is 2.27. The van der Waals surface area contributed by atoms with Crippen LogP contribution in [-0.2, 0) is 0 Å². The van der Waals surface area contributed by atoms with Crippen molar-refractivity contribution in [3.05, 3.63) is 16.9 Å². The van der Waals surface area contributed by atoms with Gasteiger partial charge in [-0.2, -0.15) is 0 Å². The Labute approximate surface area is 94.5 Å². The topological polar surface area (TPSA) is 55.0 Å². The van der Waals surface area contributed by atoms with E-state index in [1.165, 1.54) is 0 Å². The number of halogens is 1. The van der Waals surface area contributed by atoms with Gasteiger partial charge in [0.2, 0.25) is 5.95 Å². The number of aryl methyl sites for hydroxylation is 1. The van der Waals surface area contributed by atoms with Crippen LogP contribution in [0.4, 0.5) is 5.95 Å². The third kappa shape index (κ3) is 2.21. The molecule has 2 N–H and O–H groups in total. The predicted molar refractivity (Wildman–Crippen MR) is 61.2 cm³/mol. The van der Waals surface area contributed by atoms with Crippen LogP contribution in [0.1, 0.15) is 18.5 Å². The number of aromatic nitrogens is 2. The molecular formula is C10H15ClN4. The third-order valence-corrected chi connectivity index (χ3v) is 2.91. The van der Waals surface area contributed by atoms with E-state index in [0.29, 0.717) is 23.7 Å². The van der Waals surface area contributed by atoms with Gasteiger partial charge in [-0.1, -0.05) is 11.6 Å². The lowest BCUT2D eigenvalue weighted by molar-refractivity contribution is 0.663. The zero-order valence-corrected chi connectivity index (χ0v) is 9.54. The van der Waals surface area contributed by atoms with Crippen LogP contribution >= 0.6 is 11.6 Å². The van der Waals surface area contributed by atoms with Crippen LogP contribution in [0.5, 0.6) is 0 Å². The molecule has 1 aliphatic rings. The van der Waals surface area contributed by atoms with Gasteiger partial charge in [-0.25, -0.2) is 9.97 Å². The third-order valence-electron chi connectivity index (χ3n) is 2.72. The van der Waals surface area contributed by atoms with Gasteiger partial charge in [-0.05, 0) is 25.8 Å². The van der Waals surface area contributed by atoms with Crippen molar-refractivity contribution in [1.82, 2.24) is 9.97 Å². The summed E-state index contributed by atoms with van der Waals surface area (Å²) in [6.45, 7) is 3.54. The van der Waals surface area contributed by atoms with Gasteiger partial charge in [0.1, 0.15) is 5.15 Å². The Kier molecular flexibility index (Phi) is 3.07. The van der Waals surface area contributed by atoms with E-state index < -0.39 is 0 Å². The van der Waals surface area contributed by atoms with Crippen LogP contribution in [0.3, 0.4) is 0 Å². The Balaban J connectivity index is 2.28. The first-order valence-electron chi connectivity index (χ1n) is 5.18. The highest BCUT2D eigenvalue weighted by Gasteiger charge is 2.25. The molecule has 0 aromatic carbocycles. The number of hydrogen-bond donors (Lipinski definition) is 1. The summed E-state index contributed by atoms with van der Waals surface area (Å²) in [6, 6.07) is 2.13. The van der Waals surface area contributed by atoms with Crippen molar-refractivity contribution in [2.24, 2.45) is 5.73 Å². The highest BCUT2D eigenvalue weighted by molar-refractivity contribution is 6.29. The minimum atomic E-state index is 0.364. The molecule has 0 bridgehead atoms. The van der Waals surface area contributed by atoms with Gasteiger partial charge in [-0.15, -0.1) is 0 Å². The first-order chi connectivity index (χ1) is 7.20. The molecule has 1 aromatic rings. The number of rotatable bonds is 2. The molecule has 82 valence electrons. The van der Waals surface area contributed by atoms with E-state index in [2.05, 4.69) is 14.9 Å². The molecule has 2 heterocycles. The van der Waals surface area contributed by atoms with Crippen LogP contribution in [0, 0.1) is 6.92 Å². The van der Waals surface area contributed by atoms with Gasteiger partial charge < -0.3 is 10.6 Å². The molecule has 1 aliphatic heterocycles. The maximum atomic E-state index is 5.91. The monoisotopic (exact) mass is 226 g/mol. The Morgan fingerprint density at radius 1 is 1.60 bits per heavy atom. The molecule has 4 nitrogen and oxygen atoms in total. The lowest BCUT2D eigenvalue weighted by Gasteiger charge is -2.23. The molecule has 0 radical (unpaired) electrons. The second-order valence-electron chi connectivity index (χ2n) is 3.86. The standard InChI is InChI=1S/C10H15ClN4/c1-7-5-9(11)14-10(13-7)15-4-2-3-8(15)6-12/h5,8H,2-4,6,12H2,1H3/t8-/m0/s1.